The van der Waals surface area contributed by atoms with E-state index >= 15 is 0 Å². The molecule has 21 heavy (non-hydrogen) atoms. The molecule has 0 bridgehead atoms. The van der Waals surface area contributed by atoms with E-state index in [2.05, 4.69) is 26.7 Å². The van der Waals surface area contributed by atoms with Gasteiger partial charge in [0.25, 0.3) is 0 Å². The molecule has 0 aromatic rings. The molecule has 0 radical (unpaired) electrons. The summed E-state index contributed by atoms with van der Waals surface area (Å²) in [6.45, 7) is 13.7. The molecule has 2 saturated carbocycles. The van der Waals surface area contributed by atoms with Crippen LogP contribution in [0.1, 0.15) is 46.0 Å². The Kier molecular flexibility index (Phi) is 5.46. The van der Waals surface area contributed by atoms with Crippen LogP contribution in [-0.4, -0.2) is 20.9 Å². The highest BCUT2D eigenvalue weighted by atomic mass is 16.3. The Morgan fingerprint density at radius 1 is 1.24 bits per heavy atom. The lowest BCUT2D eigenvalue weighted by molar-refractivity contribution is -0.214. The zero-order valence-electron chi connectivity index (χ0n) is 13.2. The fourth-order valence-electron chi connectivity index (χ4n) is 4.27. The van der Waals surface area contributed by atoms with Crippen LogP contribution in [0.4, 0.5) is 0 Å². The van der Waals surface area contributed by atoms with Gasteiger partial charge in [0.1, 0.15) is 6.26 Å². The molecule has 0 heterocycles. The Hall–Kier alpha value is -1.48. The number of allylic oxidation sites excluding steroid dienone is 3. The molecule has 3 nitrogen and oxygen atoms in total. The second-order valence-corrected chi connectivity index (χ2v) is 6.10. The molecule has 3 atom stereocenters. The van der Waals surface area contributed by atoms with Crippen molar-refractivity contribution >= 4 is 0 Å². The third kappa shape index (κ3) is 2.44. The Morgan fingerprint density at radius 2 is 1.81 bits per heavy atom. The molecular formula is C18H28O3. The lowest BCUT2D eigenvalue weighted by atomic mass is 9.42. The van der Waals surface area contributed by atoms with E-state index in [1.54, 1.807) is 6.08 Å². The van der Waals surface area contributed by atoms with E-state index in [1.165, 1.54) is 0 Å². The third-order valence-electron chi connectivity index (χ3n) is 5.27. The van der Waals surface area contributed by atoms with Crippen LogP contribution in [0.25, 0.3) is 0 Å². The van der Waals surface area contributed by atoms with Gasteiger partial charge in [-0.1, -0.05) is 32.4 Å². The number of aliphatic hydroxyl groups is 3. The Balaban J connectivity index is 0.00000106. The lowest BCUT2D eigenvalue weighted by Crippen LogP contribution is -2.65. The normalized spacial score (nSPS) is 36.3. The molecule has 0 aromatic carbocycles. The minimum Gasteiger partial charge on any atom is -0.512 e. The minimum absolute atomic E-state index is 0.135. The van der Waals surface area contributed by atoms with Crippen molar-refractivity contribution in [3.8, 4) is 0 Å². The molecule has 0 saturated heterocycles. The highest BCUT2D eigenvalue weighted by Crippen LogP contribution is 2.66. The number of aliphatic hydroxyl groups excluding tert-OH is 2. The summed E-state index contributed by atoms with van der Waals surface area (Å²) < 4.78 is 0. The third-order valence-corrected chi connectivity index (χ3v) is 5.27. The van der Waals surface area contributed by atoms with E-state index in [0.717, 1.165) is 43.9 Å². The first-order chi connectivity index (χ1) is 9.93. The maximum Gasteiger partial charge on any atom is 0.153 e. The molecule has 0 amide bonds. The summed E-state index contributed by atoms with van der Waals surface area (Å²) >= 11 is 0. The second-order valence-electron chi connectivity index (χ2n) is 6.10. The van der Waals surface area contributed by atoms with Crippen LogP contribution in [0.2, 0.25) is 0 Å². The molecule has 0 spiro atoms. The molecule has 3 heteroatoms. The van der Waals surface area contributed by atoms with Gasteiger partial charge < -0.3 is 15.3 Å². The number of hydrogen-bond acceptors (Lipinski definition) is 3. The summed E-state index contributed by atoms with van der Waals surface area (Å²) in [5, 5.41) is 30.3. The molecule has 2 aliphatic carbocycles. The van der Waals surface area contributed by atoms with E-state index in [-0.39, 0.29) is 11.7 Å². The van der Waals surface area contributed by atoms with Crippen molar-refractivity contribution in [2.45, 2.75) is 51.6 Å². The SMILES string of the molecule is C=C.C=C/C(C)=C(\C(O)=C\O)[C@@]12CCCC[C@@]1(O)C(C)C2. The van der Waals surface area contributed by atoms with Crippen molar-refractivity contribution in [1.29, 1.82) is 0 Å². The number of fused-ring (bicyclic) bond motifs is 1. The van der Waals surface area contributed by atoms with Gasteiger partial charge in [0.05, 0.1) is 5.60 Å². The van der Waals surface area contributed by atoms with E-state index in [4.69, 9.17) is 0 Å². The zero-order valence-corrected chi connectivity index (χ0v) is 13.2. The van der Waals surface area contributed by atoms with Crippen molar-refractivity contribution in [1.82, 2.24) is 0 Å². The molecule has 2 fully saturated rings. The summed E-state index contributed by atoms with van der Waals surface area (Å²) in [7, 11) is 0. The monoisotopic (exact) mass is 292 g/mol. The van der Waals surface area contributed by atoms with Crippen molar-refractivity contribution in [2.24, 2.45) is 11.3 Å². The fourth-order valence-corrected chi connectivity index (χ4v) is 4.27. The van der Waals surface area contributed by atoms with Gasteiger partial charge in [-0.15, -0.1) is 13.2 Å². The van der Waals surface area contributed by atoms with Crippen LogP contribution in [0.5, 0.6) is 0 Å². The fraction of sp³-hybridized carbons (Fsp3) is 0.556. The summed E-state index contributed by atoms with van der Waals surface area (Å²) in [6.07, 6.45) is 6.94. The Bertz CT molecular complexity index is 459. The quantitative estimate of drug-likeness (QED) is 0.405. The molecule has 2 aliphatic rings. The number of rotatable bonds is 3. The summed E-state index contributed by atoms with van der Waals surface area (Å²) in [5.74, 6) is 0.0940. The van der Waals surface area contributed by atoms with Crippen LogP contribution in [0.3, 0.4) is 0 Å². The van der Waals surface area contributed by atoms with Gasteiger partial charge in [0, 0.05) is 11.0 Å². The van der Waals surface area contributed by atoms with Crippen LogP contribution in [-0.2, 0) is 0 Å². The van der Waals surface area contributed by atoms with Gasteiger partial charge in [0.15, 0.2) is 5.76 Å². The van der Waals surface area contributed by atoms with Crippen molar-refractivity contribution in [3.63, 3.8) is 0 Å². The van der Waals surface area contributed by atoms with Crippen molar-refractivity contribution in [2.75, 3.05) is 0 Å². The average molecular weight is 292 g/mol. The van der Waals surface area contributed by atoms with Gasteiger partial charge in [-0.3, -0.25) is 0 Å². The van der Waals surface area contributed by atoms with E-state index in [1.807, 2.05) is 6.92 Å². The van der Waals surface area contributed by atoms with Crippen molar-refractivity contribution < 1.29 is 15.3 Å². The first-order valence-corrected chi connectivity index (χ1v) is 7.53. The average Bonchev–Trinajstić information content (AvgIpc) is 2.51. The summed E-state index contributed by atoms with van der Waals surface area (Å²) in [6, 6.07) is 0. The first-order valence-electron chi connectivity index (χ1n) is 7.53. The highest BCUT2D eigenvalue weighted by Gasteiger charge is 2.65. The lowest BCUT2D eigenvalue weighted by Gasteiger charge is -2.64. The zero-order chi connectivity index (χ0) is 16.3. The minimum atomic E-state index is -0.762. The van der Waals surface area contributed by atoms with Gasteiger partial charge in [-0.05, 0) is 37.7 Å². The highest BCUT2D eigenvalue weighted by molar-refractivity contribution is 5.45. The molecule has 0 aromatic heterocycles. The number of hydrogen-bond donors (Lipinski definition) is 3. The van der Waals surface area contributed by atoms with E-state index in [0.29, 0.717) is 5.57 Å². The maximum absolute atomic E-state index is 11.0. The predicted molar refractivity (Wildman–Crippen MR) is 87.1 cm³/mol. The van der Waals surface area contributed by atoms with Crippen LogP contribution >= 0.6 is 0 Å². The molecule has 0 aliphatic heterocycles. The van der Waals surface area contributed by atoms with Gasteiger partial charge >= 0.3 is 0 Å². The van der Waals surface area contributed by atoms with Crippen LogP contribution < -0.4 is 0 Å². The van der Waals surface area contributed by atoms with Gasteiger partial charge in [-0.25, -0.2) is 0 Å². The predicted octanol–water partition coefficient (Wildman–Crippen LogP) is 4.58. The second kappa shape index (κ2) is 6.52. The van der Waals surface area contributed by atoms with Gasteiger partial charge in [0.2, 0.25) is 0 Å². The van der Waals surface area contributed by atoms with E-state index < -0.39 is 11.0 Å². The maximum atomic E-state index is 11.0. The first kappa shape index (κ1) is 17.6. The van der Waals surface area contributed by atoms with Crippen molar-refractivity contribution in [3.05, 3.63) is 49.0 Å². The largest absolute Gasteiger partial charge is 0.512 e. The summed E-state index contributed by atoms with van der Waals surface area (Å²) in [4.78, 5) is 0. The summed E-state index contributed by atoms with van der Waals surface area (Å²) in [5.41, 5.74) is 0.314. The molecular weight excluding hydrogens is 264 g/mol. The smallest absolute Gasteiger partial charge is 0.153 e. The molecule has 118 valence electrons. The van der Waals surface area contributed by atoms with Crippen LogP contribution in [0, 0.1) is 11.3 Å². The standard InChI is InChI=1S/C16H24O3.C2H4/c1-4-11(2)14(13(18)10-17)15-7-5-6-8-16(15,19)12(3)9-15;1-2/h4,10,12,17-19H,1,5-9H2,2-3H3;1-2H2/b13-10-,14-11+;/t12?,15-,16+;/m0./s1. The molecule has 3 N–H and O–H groups in total. The Morgan fingerprint density at radius 3 is 2.29 bits per heavy atom. The topological polar surface area (TPSA) is 60.7 Å². The Labute approximate surface area is 128 Å². The van der Waals surface area contributed by atoms with E-state index in [9.17, 15) is 15.3 Å². The van der Waals surface area contributed by atoms with Gasteiger partial charge in [-0.2, -0.15) is 0 Å². The molecule has 1 unspecified atom stereocenters. The molecule has 2 rings (SSSR count). The van der Waals surface area contributed by atoms with Crippen LogP contribution in [0.15, 0.2) is 49.0 Å².